The van der Waals surface area contributed by atoms with E-state index in [0.29, 0.717) is 18.1 Å². The Bertz CT molecular complexity index is 863. The summed E-state index contributed by atoms with van der Waals surface area (Å²) in [6, 6.07) is 5.80. The summed E-state index contributed by atoms with van der Waals surface area (Å²) in [6.45, 7) is 0.649. The summed E-state index contributed by atoms with van der Waals surface area (Å²) < 4.78 is 17.9. The number of nitrogens with zero attached hydrogens (tertiary/aromatic N) is 1. The molecule has 2 fully saturated rings. The average molecular weight is 389 g/mol. The van der Waals surface area contributed by atoms with Gasteiger partial charge in [-0.2, -0.15) is 0 Å². The van der Waals surface area contributed by atoms with Crippen LogP contribution in [0.1, 0.15) is 36.4 Å². The number of halogens is 1. The van der Waals surface area contributed by atoms with Gasteiger partial charge in [0, 0.05) is 17.8 Å². The van der Waals surface area contributed by atoms with E-state index in [1.807, 2.05) is 5.38 Å². The maximum atomic E-state index is 13.2. The summed E-state index contributed by atoms with van der Waals surface area (Å²) in [4.78, 5) is 28.9. The molecule has 27 heavy (non-hydrogen) atoms. The maximum Gasteiger partial charge on any atom is 0.322 e. The van der Waals surface area contributed by atoms with Crippen molar-refractivity contribution in [3.8, 4) is 0 Å². The fraction of sp³-hybridized carbons (Fsp3) is 0.421. The number of hydrogen-bond donors (Lipinski definition) is 2. The molecule has 0 radical (unpaired) electrons. The third kappa shape index (κ3) is 3.46. The Labute approximate surface area is 160 Å². The maximum absolute atomic E-state index is 13.2. The number of carbonyl (C=O) groups is 2. The number of thiazole rings is 1. The molecule has 2 N–H and O–H groups in total. The molecule has 1 aliphatic carbocycles. The molecule has 1 saturated carbocycles. The molecule has 4 rings (SSSR count). The number of nitrogens with one attached hydrogen (secondary N) is 2. The Morgan fingerprint density at radius 3 is 2.74 bits per heavy atom. The SMILES string of the molecule is COC(=O)C1CC(c2csc(NC(=O)C3(c4ccc(F)cc4)CC3)n2)CN1. The van der Waals surface area contributed by atoms with Crippen LogP contribution in [0.5, 0.6) is 0 Å². The van der Waals surface area contributed by atoms with Crippen LogP contribution >= 0.6 is 11.3 Å². The zero-order valence-corrected chi connectivity index (χ0v) is 15.6. The Kier molecular flexibility index (Phi) is 4.69. The van der Waals surface area contributed by atoms with Crippen LogP contribution in [-0.2, 0) is 19.7 Å². The van der Waals surface area contributed by atoms with Gasteiger partial charge >= 0.3 is 5.97 Å². The number of amides is 1. The number of aromatic nitrogens is 1. The van der Waals surface area contributed by atoms with Crippen LogP contribution < -0.4 is 10.6 Å². The fourth-order valence-corrected chi connectivity index (χ4v) is 4.36. The van der Waals surface area contributed by atoms with Crippen molar-refractivity contribution in [1.82, 2.24) is 10.3 Å². The minimum atomic E-state index is -0.579. The lowest BCUT2D eigenvalue weighted by molar-refractivity contribution is -0.142. The minimum absolute atomic E-state index is 0.105. The molecule has 142 valence electrons. The molecule has 1 aliphatic heterocycles. The van der Waals surface area contributed by atoms with Gasteiger partial charge < -0.3 is 15.4 Å². The first-order chi connectivity index (χ1) is 13.0. The van der Waals surface area contributed by atoms with Gasteiger partial charge in [0.15, 0.2) is 5.13 Å². The second-order valence-corrected chi connectivity index (χ2v) is 7.90. The highest BCUT2D eigenvalue weighted by Gasteiger charge is 2.51. The number of carbonyl (C=O) groups excluding carboxylic acids is 2. The molecule has 1 aromatic carbocycles. The van der Waals surface area contributed by atoms with Crippen molar-refractivity contribution in [2.45, 2.75) is 36.6 Å². The van der Waals surface area contributed by atoms with Crippen LogP contribution in [0.25, 0.3) is 0 Å². The number of esters is 1. The zero-order valence-electron chi connectivity index (χ0n) is 14.8. The Morgan fingerprint density at radius 2 is 2.07 bits per heavy atom. The number of hydrogen-bond acceptors (Lipinski definition) is 6. The lowest BCUT2D eigenvalue weighted by Crippen LogP contribution is -2.31. The van der Waals surface area contributed by atoms with Crippen LogP contribution in [0.15, 0.2) is 29.6 Å². The monoisotopic (exact) mass is 389 g/mol. The van der Waals surface area contributed by atoms with Crippen molar-refractivity contribution in [2.24, 2.45) is 0 Å². The van der Waals surface area contributed by atoms with Crippen molar-refractivity contribution in [3.63, 3.8) is 0 Å². The molecule has 8 heteroatoms. The first-order valence-corrected chi connectivity index (χ1v) is 9.74. The van der Waals surface area contributed by atoms with E-state index in [4.69, 9.17) is 4.74 Å². The average Bonchev–Trinajstić information content (AvgIpc) is 3.11. The summed E-state index contributed by atoms with van der Waals surface area (Å²) in [5.41, 5.74) is 1.12. The van der Waals surface area contributed by atoms with Gasteiger partial charge in [-0.3, -0.25) is 9.59 Å². The fourth-order valence-electron chi connectivity index (χ4n) is 3.57. The lowest BCUT2D eigenvalue weighted by Gasteiger charge is -2.14. The van der Waals surface area contributed by atoms with Crippen LogP contribution in [0, 0.1) is 5.82 Å². The highest BCUT2D eigenvalue weighted by Crippen LogP contribution is 2.49. The Morgan fingerprint density at radius 1 is 1.33 bits per heavy atom. The first kappa shape index (κ1) is 18.1. The normalized spacial score (nSPS) is 23.0. The summed E-state index contributed by atoms with van der Waals surface area (Å²) >= 11 is 1.37. The van der Waals surface area contributed by atoms with E-state index in [9.17, 15) is 14.0 Å². The highest BCUT2D eigenvalue weighted by atomic mass is 32.1. The molecule has 6 nitrogen and oxygen atoms in total. The largest absolute Gasteiger partial charge is 0.468 e. The lowest BCUT2D eigenvalue weighted by atomic mass is 9.95. The molecule has 2 unspecified atom stereocenters. The summed E-state index contributed by atoms with van der Waals surface area (Å²) in [5, 5.41) is 8.51. The molecule has 2 atom stereocenters. The van der Waals surface area contributed by atoms with Crippen LogP contribution in [0.2, 0.25) is 0 Å². The number of rotatable bonds is 5. The summed E-state index contributed by atoms with van der Waals surface area (Å²) in [6.07, 6.45) is 2.12. The van der Waals surface area contributed by atoms with Gasteiger partial charge in [-0.1, -0.05) is 12.1 Å². The standard InChI is InChI=1S/C19H20FN3O3S/c1-26-16(24)14-8-11(9-21-14)15-10-27-18(22-15)23-17(25)19(6-7-19)12-2-4-13(20)5-3-12/h2-5,10-11,14,21H,6-9H2,1H3,(H,22,23,25). The summed E-state index contributed by atoms with van der Waals surface area (Å²) in [5.74, 6) is -0.568. The van der Waals surface area contributed by atoms with E-state index in [1.54, 1.807) is 12.1 Å². The van der Waals surface area contributed by atoms with Gasteiger partial charge in [0.2, 0.25) is 5.91 Å². The number of benzene rings is 1. The molecule has 1 amide bonds. The quantitative estimate of drug-likeness (QED) is 0.769. The molecule has 2 heterocycles. The van der Waals surface area contributed by atoms with E-state index in [2.05, 4.69) is 15.6 Å². The number of anilines is 1. The number of methoxy groups -OCH3 is 1. The van der Waals surface area contributed by atoms with Gasteiger partial charge in [0.25, 0.3) is 0 Å². The molecule has 1 aromatic heterocycles. The predicted octanol–water partition coefficient (Wildman–Crippen LogP) is 2.57. The van der Waals surface area contributed by atoms with Crippen LogP contribution in [0.4, 0.5) is 9.52 Å². The molecular formula is C19H20FN3O3S. The second-order valence-electron chi connectivity index (χ2n) is 7.04. The Balaban J connectivity index is 1.42. The van der Waals surface area contributed by atoms with Gasteiger partial charge in [0.05, 0.1) is 18.2 Å². The van der Waals surface area contributed by atoms with Crippen molar-refractivity contribution in [1.29, 1.82) is 0 Å². The van der Waals surface area contributed by atoms with E-state index in [-0.39, 0.29) is 29.7 Å². The molecule has 0 spiro atoms. The smallest absolute Gasteiger partial charge is 0.322 e. The van der Waals surface area contributed by atoms with Gasteiger partial charge in [-0.05, 0) is 37.0 Å². The predicted molar refractivity (Wildman–Crippen MR) is 99.2 cm³/mol. The third-order valence-electron chi connectivity index (χ3n) is 5.36. The molecule has 0 bridgehead atoms. The third-order valence-corrected chi connectivity index (χ3v) is 6.13. The Hall–Kier alpha value is -2.32. The van der Waals surface area contributed by atoms with Crippen molar-refractivity contribution in [3.05, 3.63) is 46.7 Å². The highest BCUT2D eigenvalue weighted by molar-refractivity contribution is 7.14. The van der Waals surface area contributed by atoms with Crippen LogP contribution in [0.3, 0.4) is 0 Å². The molecule has 2 aromatic rings. The van der Waals surface area contributed by atoms with Gasteiger partial charge in [-0.25, -0.2) is 9.37 Å². The van der Waals surface area contributed by atoms with E-state index < -0.39 is 5.41 Å². The first-order valence-electron chi connectivity index (χ1n) is 8.86. The van der Waals surface area contributed by atoms with E-state index >= 15 is 0 Å². The van der Waals surface area contributed by atoms with Crippen molar-refractivity contribution < 1.29 is 18.7 Å². The minimum Gasteiger partial charge on any atom is -0.468 e. The van der Waals surface area contributed by atoms with E-state index in [0.717, 1.165) is 24.1 Å². The molecule has 1 saturated heterocycles. The number of ether oxygens (including phenoxy) is 1. The van der Waals surface area contributed by atoms with Gasteiger partial charge in [0.1, 0.15) is 11.9 Å². The van der Waals surface area contributed by atoms with E-state index in [1.165, 1.54) is 30.6 Å². The molecule has 2 aliphatic rings. The van der Waals surface area contributed by atoms with Crippen molar-refractivity contribution >= 4 is 28.3 Å². The topological polar surface area (TPSA) is 80.3 Å². The second kappa shape index (κ2) is 7.01. The van der Waals surface area contributed by atoms with Gasteiger partial charge in [-0.15, -0.1) is 11.3 Å². The molecular weight excluding hydrogens is 369 g/mol. The van der Waals surface area contributed by atoms with Crippen LogP contribution in [-0.4, -0.2) is 36.6 Å². The summed E-state index contributed by atoms with van der Waals surface area (Å²) in [7, 11) is 1.38. The zero-order chi connectivity index (χ0) is 19.0. The van der Waals surface area contributed by atoms with Crippen molar-refractivity contribution in [2.75, 3.05) is 19.0 Å².